The summed E-state index contributed by atoms with van der Waals surface area (Å²) in [5.74, 6) is -0.343. The summed E-state index contributed by atoms with van der Waals surface area (Å²) in [4.78, 5) is 20.2. The van der Waals surface area contributed by atoms with Gasteiger partial charge in [0.1, 0.15) is 0 Å². The van der Waals surface area contributed by atoms with E-state index in [1.807, 2.05) is 0 Å². The van der Waals surface area contributed by atoms with Crippen molar-refractivity contribution in [1.29, 1.82) is 0 Å². The molecule has 38 valence electrons. The lowest BCUT2D eigenvalue weighted by atomic mass is 9.95. The summed E-state index contributed by atoms with van der Waals surface area (Å²) in [5, 5.41) is 0. The van der Waals surface area contributed by atoms with Crippen LogP contribution < -0.4 is 0 Å². The molecule has 1 rings (SSSR count). The van der Waals surface area contributed by atoms with Gasteiger partial charge in [0.25, 0.3) is 5.97 Å². The zero-order valence-corrected chi connectivity index (χ0v) is 3.93. The number of carbonyl (C=O) groups is 2. The highest BCUT2D eigenvalue weighted by atomic mass is 16.5. The molecule has 1 aliphatic heterocycles. The molecule has 7 heavy (non-hydrogen) atoms. The standard InChI is InChI=1S/C3H4BO3/c5-2-1-3(6)7-4-2/h1,4H2/q-1. The molecular weight excluding hydrogens is 94.8 g/mol. The Labute approximate surface area is 40.9 Å². The van der Waals surface area contributed by atoms with Crippen molar-refractivity contribution in [3.63, 3.8) is 0 Å². The average Bonchev–Trinajstić information content (AvgIpc) is 1.87. The van der Waals surface area contributed by atoms with Crippen LogP contribution in [-0.2, 0) is 14.2 Å². The van der Waals surface area contributed by atoms with Gasteiger partial charge in [-0.2, -0.15) is 0 Å². The fraction of sp³-hybridized carbons (Fsp3) is 0.333. The minimum atomic E-state index is -0.963. The maximum absolute atomic E-state index is 10.2. The van der Waals surface area contributed by atoms with E-state index in [1.165, 1.54) is 0 Å². The summed E-state index contributed by atoms with van der Waals surface area (Å²) < 4.78 is 4.40. The topological polar surface area (TPSA) is 43.4 Å². The van der Waals surface area contributed by atoms with Crippen molar-refractivity contribution in [2.75, 3.05) is 0 Å². The second kappa shape index (κ2) is 1.37. The van der Waals surface area contributed by atoms with Gasteiger partial charge in [-0.25, -0.2) is 0 Å². The third-order valence-corrected chi connectivity index (χ3v) is 0.951. The minimum absolute atomic E-state index is 0.00463. The van der Waals surface area contributed by atoms with Gasteiger partial charge in [-0.15, -0.1) is 0 Å². The van der Waals surface area contributed by atoms with Crippen molar-refractivity contribution < 1.29 is 14.2 Å². The summed E-state index contributed by atoms with van der Waals surface area (Å²) in [6, 6.07) is 0. The molecule has 0 aromatic rings. The van der Waals surface area contributed by atoms with E-state index in [9.17, 15) is 9.59 Å². The average molecular weight is 98.9 g/mol. The molecule has 0 aromatic heterocycles. The van der Waals surface area contributed by atoms with Crippen molar-refractivity contribution in [2.45, 2.75) is 6.42 Å². The fourth-order valence-corrected chi connectivity index (χ4v) is 0.575. The summed E-state index contributed by atoms with van der Waals surface area (Å²) in [6.45, 7) is 0. The predicted molar refractivity (Wildman–Crippen MR) is 24.3 cm³/mol. The summed E-state index contributed by atoms with van der Waals surface area (Å²) in [6.07, 6.45) is 0.0278. The van der Waals surface area contributed by atoms with Crippen LogP contribution in [0.2, 0.25) is 0 Å². The molecule has 1 saturated heterocycles. The highest BCUT2D eigenvalue weighted by molar-refractivity contribution is 6.74. The zero-order chi connectivity index (χ0) is 5.28. The van der Waals surface area contributed by atoms with Gasteiger partial charge < -0.3 is 9.45 Å². The molecule has 0 N–H and O–H groups in total. The van der Waals surface area contributed by atoms with Crippen LogP contribution in [0.1, 0.15) is 6.42 Å². The van der Waals surface area contributed by atoms with Crippen molar-refractivity contribution in [3.8, 4) is 0 Å². The molecular formula is C3H4BO3-. The molecule has 0 radical (unpaired) electrons. The molecule has 0 atom stereocenters. The first-order valence-electron chi connectivity index (χ1n) is 2.23. The molecule has 1 heterocycles. The molecule has 0 spiro atoms. The highest BCUT2D eigenvalue weighted by Gasteiger charge is 2.11. The van der Waals surface area contributed by atoms with Crippen molar-refractivity contribution in [3.05, 3.63) is 0 Å². The van der Waals surface area contributed by atoms with Crippen LogP contribution in [0.4, 0.5) is 0 Å². The predicted octanol–water partition coefficient (Wildman–Crippen LogP) is -1.46. The van der Waals surface area contributed by atoms with Gasteiger partial charge in [-0.05, 0) is 0 Å². The number of rotatable bonds is 0. The smallest absolute Gasteiger partial charge is 0.261 e. The normalized spacial score (nSPS) is 20.0. The van der Waals surface area contributed by atoms with Crippen molar-refractivity contribution in [1.82, 2.24) is 0 Å². The first-order chi connectivity index (χ1) is 3.29. The molecule has 1 aliphatic rings. The number of carbonyl (C=O) groups excluding carboxylic acids is 2. The third kappa shape index (κ3) is 0.794. The van der Waals surface area contributed by atoms with Crippen molar-refractivity contribution >= 4 is 19.1 Å². The fourth-order valence-electron chi connectivity index (χ4n) is 0.575. The Morgan fingerprint density at radius 2 is 2.29 bits per heavy atom. The maximum Gasteiger partial charge on any atom is 0.261 e. The van der Waals surface area contributed by atoms with Crippen LogP contribution in [0.15, 0.2) is 0 Å². The Hall–Kier alpha value is -0.795. The van der Waals surface area contributed by atoms with E-state index in [-0.39, 0.29) is 18.1 Å². The van der Waals surface area contributed by atoms with E-state index in [2.05, 4.69) is 4.65 Å². The molecule has 0 saturated carbocycles. The second-order valence-corrected chi connectivity index (χ2v) is 1.66. The minimum Gasteiger partial charge on any atom is -0.686 e. The number of hydrogen-bond acceptors (Lipinski definition) is 3. The van der Waals surface area contributed by atoms with E-state index >= 15 is 0 Å². The van der Waals surface area contributed by atoms with Crippen LogP contribution in [-0.4, -0.2) is 19.1 Å². The quantitative estimate of drug-likeness (QED) is 0.275. The van der Waals surface area contributed by atoms with Crippen LogP contribution in [0.5, 0.6) is 0 Å². The van der Waals surface area contributed by atoms with Crippen molar-refractivity contribution in [2.24, 2.45) is 0 Å². The molecule has 3 nitrogen and oxygen atoms in total. The van der Waals surface area contributed by atoms with Crippen LogP contribution in [0.3, 0.4) is 0 Å². The van der Waals surface area contributed by atoms with Gasteiger partial charge in [-0.1, -0.05) is 0 Å². The summed E-state index contributed by atoms with van der Waals surface area (Å²) >= 11 is 0. The maximum atomic E-state index is 10.2. The number of hydrogen-bond donors (Lipinski definition) is 0. The van der Waals surface area contributed by atoms with Crippen LogP contribution >= 0.6 is 0 Å². The highest BCUT2D eigenvalue weighted by Crippen LogP contribution is 1.94. The first-order valence-corrected chi connectivity index (χ1v) is 2.23. The van der Waals surface area contributed by atoms with Crippen LogP contribution in [0, 0.1) is 0 Å². The Kier molecular flexibility index (Phi) is 0.853. The van der Waals surface area contributed by atoms with Gasteiger partial charge in [0.2, 0.25) is 7.48 Å². The van der Waals surface area contributed by atoms with Crippen LogP contribution in [0.25, 0.3) is 0 Å². The van der Waals surface area contributed by atoms with Gasteiger partial charge in [0.05, 0.1) is 6.42 Å². The molecule has 0 aromatic carbocycles. The summed E-state index contributed by atoms with van der Waals surface area (Å²) in [7, 11) is -0.963. The lowest BCUT2D eigenvalue weighted by Crippen LogP contribution is -1.97. The van der Waals surface area contributed by atoms with E-state index in [4.69, 9.17) is 0 Å². The summed E-state index contributed by atoms with van der Waals surface area (Å²) in [5.41, 5.74) is 0.00463. The lowest BCUT2D eigenvalue weighted by Gasteiger charge is -1.91. The molecule has 0 aliphatic carbocycles. The van der Waals surface area contributed by atoms with E-state index in [1.54, 1.807) is 0 Å². The Bertz CT molecular complexity index is 105. The van der Waals surface area contributed by atoms with E-state index in [0.29, 0.717) is 0 Å². The zero-order valence-electron chi connectivity index (χ0n) is 3.93. The Morgan fingerprint density at radius 3 is 2.43 bits per heavy atom. The first kappa shape index (κ1) is 4.37. The third-order valence-electron chi connectivity index (χ3n) is 0.951. The Balaban J connectivity index is 2.55. The molecule has 4 heteroatoms. The van der Waals surface area contributed by atoms with Gasteiger partial charge in [-0.3, -0.25) is 4.79 Å². The molecule has 0 bridgehead atoms. The largest absolute Gasteiger partial charge is 0.686 e. The van der Waals surface area contributed by atoms with Gasteiger partial charge in [0, 0.05) is 5.68 Å². The van der Waals surface area contributed by atoms with Gasteiger partial charge >= 0.3 is 0 Å². The lowest BCUT2D eigenvalue weighted by molar-refractivity contribution is -0.133. The SMILES string of the molecule is O=C1[BH2-]OC(=O)C1. The second-order valence-electron chi connectivity index (χ2n) is 1.66. The molecule has 1 fully saturated rings. The molecule has 0 unspecified atom stereocenters. The van der Waals surface area contributed by atoms with E-state index < -0.39 is 7.48 Å². The van der Waals surface area contributed by atoms with Gasteiger partial charge in [0.15, 0.2) is 0 Å². The molecule has 0 amide bonds. The monoisotopic (exact) mass is 99.0 g/mol. The van der Waals surface area contributed by atoms with E-state index in [0.717, 1.165) is 0 Å². The Morgan fingerprint density at radius 1 is 1.57 bits per heavy atom.